The van der Waals surface area contributed by atoms with Gasteiger partial charge in [0.1, 0.15) is 0 Å². The minimum Gasteiger partial charge on any atom is -0.287 e. The van der Waals surface area contributed by atoms with E-state index in [1.165, 1.54) is 6.42 Å². The van der Waals surface area contributed by atoms with Crippen LogP contribution in [0.5, 0.6) is 0 Å². The molecule has 0 bridgehead atoms. The molecule has 0 amide bonds. The molecule has 0 aromatic heterocycles. The summed E-state index contributed by atoms with van der Waals surface area (Å²) in [6.07, 6.45) is 4.38. The Kier molecular flexibility index (Phi) is 3.74. The summed E-state index contributed by atoms with van der Waals surface area (Å²) >= 11 is 1.85. The number of hydrogen-bond donors (Lipinski definition) is 0. The molecule has 0 aromatic carbocycles. The molecule has 1 aliphatic rings. The quantitative estimate of drug-likeness (QED) is 0.639. The van der Waals surface area contributed by atoms with E-state index >= 15 is 0 Å². The van der Waals surface area contributed by atoms with E-state index in [4.69, 9.17) is 5.26 Å². The topological polar surface area (TPSA) is 27.0 Å². The third-order valence-electron chi connectivity index (χ3n) is 2.10. The van der Waals surface area contributed by atoms with Gasteiger partial charge >= 0.3 is 0 Å². The molecule has 1 aliphatic heterocycles. The van der Waals surface area contributed by atoms with Gasteiger partial charge in [0.05, 0.1) is 12.1 Å². The monoisotopic (exact) mass is 170 g/mol. The van der Waals surface area contributed by atoms with Crippen LogP contribution in [0, 0.1) is 11.3 Å². The number of likely N-dealkylation sites (tertiary alicyclic amines) is 1. The molecule has 0 saturated carbocycles. The van der Waals surface area contributed by atoms with Crippen LogP contribution < -0.4 is 0 Å². The number of nitrogens with zero attached hydrogens (tertiary/aromatic N) is 2. The maximum absolute atomic E-state index is 8.74. The van der Waals surface area contributed by atoms with Crippen molar-refractivity contribution in [2.75, 3.05) is 25.1 Å². The van der Waals surface area contributed by atoms with Gasteiger partial charge in [-0.15, -0.1) is 0 Å². The molecule has 1 heterocycles. The van der Waals surface area contributed by atoms with E-state index < -0.39 is 0 Å². The van der Waals surface area contributed by atoms with Crippen LogP contribution in [0.2, 0.25) is 0 Å². The summed E-state index contributed by atoms with van der Waals surface area (Å²) in [4.78, 5) is 2.29. The largest absolute Gasteiger partial charge is 0.287 e. The molecule has 1 saturated heterocycles. The first-order valence-electron chi connectivity index (χ1n) is 4.01. The van der Waals surface area contributed by atoms with Crippen LogP contribution in [0.4, 0.5) is 0 Å². The van der Waals surface area contributed by atoms with Crippen molar-refractivity contribution in [1.29, 1.82) is 5.26 Å². The average Bonchev–Trinajstić information content (AvgIpc) is 2.47. The Hall–Kier alpha value is -0.200. The average molecular weight is 170 g/mol. The van der Waals surface area contributed by atoms with Gasteiger partial charge in [0.25, 0.3) is 0 Å². The van der Waals surface area contributed by atoms with Crippen molar-refractivity contribution in [1.82, 2.24) is 4.90 Å². The third-order valence-corrected chi connectivity index (χ3v) is 2.69. The molecule has 2 nitrogen and oxygen atoms in total. The third kappa shape index (κ3) is 2.39. The zero-order valence-electron chi connectivity index (χ0n) is 6.92. The van der Waals surface area contributed by atoms with Crippen LogP contribution in [0.15, 0.2) is 0 Å². The Morgan fingerprint density at radius 3 is 3.18 bits per heavy atom. The second-order valence-corrected chi connectivity index (χ2v) is 3.80. The lowest BCUT2D eigenvalue weighted by atomic mass is 10.2. The fourth-order valence-corrected chi connectivity index (χ4v) is 1.87. The molecule has 1 atom stereocenters. The van der Waals surface area contributed by atoms with Crippen LogP contribution >= 0.6 is 11.8 Å². The van der Waals surface area contributed by atoms with Gasteiger partial charge < -0.3 is 0 Å². The standard InChI is InChI=1S/C8H14N2S/c1-11-6-5-10-4-2-3-8(10)7-9/h8H,2-6H2,1H3. The highest BCUT2D eigenvalue weighted by Gasteiger charge is 2.22. The summed E-state index contributed by atoms with van der Waals surface area (Å²) in [7, 11) is 0. The minimum atomic E-state index is 0.210. The predicted octanol–water partition coefficient (Wildman–Crippen LogP) is 1.34. The Balaban J connectivity index is 2.27. The molecule has 1 rings (SSSR count). The van der Waals surface area contributed by atoms with Gasteiger partial charge in [0.2, 0.25) is 0 Å². The van der Waals surface area contributed by atoms with Gasteiger partial charge in [-0.2, -0.15) is 17.0 Å². The van der Waals surface area contributed by atoms with E-state index in [0.29, 0.717) is 0 Å². The molecule has 1 fully saturated rings. The first kappa shape index (κ1) is 8.89. The highest BCUT2D eigenvalue weighted by molar-refractivity contribution is 7.98. The lowest BCUT2D eigenvalue weighted by Crippen LogP contribution is -2.30. The molecular formula is C8H14N2S. The van der Waals surface area contributed by atoms with Gasteiger partial charge in [-0.25, -0.2) is 0 Å². The molecule has 0 radical (unpaired) electrons. The highest BCUT2D eigenvalue weighted by atomic mass is 32.2. The smallest absolute Gasteiger partial charge is 0.0978 e. The number of thioether (sulfide) groups is 1. The summed E-state index contributed by atoms with van der Waals surface area (Å²) < 4.78 is 0. The van der Waals surface area contributed by atoms with Crippen molar-refractivity contribution in [2.45, 2.75) is 18.9 Å². The normalized spacial score (nSPS) is 25.3. The van der Waals surface area contributed by atoms with Crippen molar-refractivity contribution < 1.29 is 0 Å². The summed E-state index contributed by atoms with van der Waals surface area (Å²) in [5.41, 5.74) is 0. The number of hydrogen-bond acceptors (Lipinski definition) is 3. The molecule has 0 aliphatic carbocycles. The van der Waals surface area contributed by atoms with Crippen molar-refractivity contribution >= 4 is 11.8 Å². The van der Waals surface area contributed by atoms with E-state index in [2.05, 4.69) is 17.2 Å². The fourth-order valence-electron chi connectivity index (χ4n) is 1.45. The zero-order chi connectivity index (χ0) is 8.10. The molecule has 62 valence electrons. The first-order chi connectivity index (χ1) is 5.38. The van der Waals surface area contributed by atoms with E-state index in [0.717, 1.165) is 25.3 Å². The Bertz CT molecular complexity index is 153. The first-order valence-corrected chi connectivity index (χ1v) is 5.40. The van der Waals surface area contributed by atoms with Crippen molar-refractivity contribution in [3.05, 3.63) is 0 Å². The highest BCUT2D eigenvalue weighted by Crippen LogP contribution is 2.16. The van der Waals surface area contributed by atoms with Gasteiger partial charge in [0.15, 0.2) is 0 Å². The van der Waals surface area contributed by atoms with Crippen LogP contribution in [0.1, 0.15) is 12.8 Å². The molecule has 0 spiro atoms. The summed E-state index contributed by atoms with van der Waals surface area (Å²) in [6.45, 7) is 2.21. The maximum Gasteiger partial charge on any atom is 0.0978 e. The second kappa shape index (κ2) is 4.63. The minimum absolute atomic E-state index is 0.210. The second-order valence-electron chi connectivity index (χ2n) is 2.82. The van der Waals surface area contributed by atoms with Crippen LogP contribution in [-0.4, -0.2) is 36.0 Å². The maximum atomic E-state index is 8.74. The lowest BCUT2D eigenvalue weighted by molar-refractivity contribution is 0.314. The molecule has 0 N–H and O–H groups in total. The van der Waals surface area contributed by atoms with E-state index in [1.54, 1.807) is 0 Å². The SMILES string of the molecule is CSCCN1CCCC1C#N. The van der Waals surface area contributed by atoms with Crippen LogP contribution in [0.3, 0.4) is 0 Å². The zero-order valence-corrected chi connectivity index (χ0v) is 7.73. The molecule has 1 unspecified atom stereocenters. The lowest BCUT2D eigenvalue weighted by Gasteiger charge is -2.17. The summed E-state index contributed by atoms with van der Waals surface area (Å²) in [6, 6.07) is 2.55. The van der Waals surface area contributed by atoms with Crippen molar-refractivity contribution in [3.63, 3.8) is 0 Å². The fraction of sp³-hybridized carbons (Fsp3) is 0.875. The van der Waals surface area contributed by atoms with E-state index in [9.17, 15) is 0 Å². The predicted molar refractivity (Wildman–Crippen MR) is 48.6 cm³/mol. The van der Waals surface area contributed by atoms with Gasteiger partial charge in [-0.05, 0) is 25.6 Å². The van der Waals surface area contributed by atoms with Gasteiger partial charge in [-0.1, -0.05) is 0 Å². The molecule has 11 heavy (non-hydrogen) atoms. The van der Waals surface area contributed by atoms with Crippen molar-refractivity contribution in [3.8, 4) is 6.07 Å². The van der Waals surface area contributed by atoms with Crippen molar-refractivity contribution in [2.24, 2.45) is 0 Å². The van der Waals surface area contributed by atoms with E-state index in [-0.39, 0.29) is 6.04 Å². The Morgan fingerprint density at radius 2 is 2.55 bits per heavy atom. The molecular weight excluding hydrogens is 156 g/mol. The van der Waals surface area contributed by atoms with Crippen LogP contribution in [-0.2, 0) is 0 Å². The van der Waals surface area contributed by atoms with Crippen LogP contribution in [0.25, 0.3) is 0 Å². The number of rotatable bonds is 3. The van der Waals surface area contributed by atoms with Gasteiger partial charge in [0, 0.05) is 12.3 Å². The van der Waals surface area contributed by atoms with E-state index in [1.807, 2.05) is 11.8 Å². The summed E-state index contributed by atoms with van der Waals surface area (Å²) in [5.74, 6) is 1.15. The number of nitriles is 1. The van der Waals surface area contributed by atoms with Gasteiger partial charge in [-0.3, -0.25) is 4.90 Å². The Labute approximate surface area is 72.6 Å². The summed E-state index contributed by atoms with van der Waals surface area (Å²) in [5, 5.41) is 8.74. The molecule has 3 heteroatoms. The molecule has 0 aromatic rings. The Morgan fingerprint density at radius 1 is 1.73 bits per heavy atom.